The molecule has 0 saturated carbocycles. The van der Waals surface area contributed by atoms with E-state index < -0.39 is 5.97 Å². The van der Waals surface area contributed by atoms with Crippen molar-refractivity contribution in [2.24, 2.45) is 0 Å². The summed E-state index contributed by atoms with van der Waals surface area (Å²) in [5.41, 5.74) is 0. The van der Waals surface area contributed by atoms with Crippen LogP contribution in [-0.2, 0) is 19.1 Å². The van der Waals surface area contributed by atoms with Crippen molar-refractivity contribution < 1.29 is 24.2 Å². The Balaban J connectivity index is 4.27. The fraction of sp³-hybridized carbons (Fsp3) is 0.658. The number of nitrogens with one attached hydrogen (secondary N) is 1. The topological polar surface area (TPSA) is 92.7 Å². The maximum absolute atomic E-state index is 12.6. The molecule has 6 nitrogen and oxygen atoms in total. The van der Waals surface area contributed by atoms with Gasteiger partial charge in [0.2, 0.25) is 5.91 Å². The highest BCUT2D eigenvalue weighted by atomic mass is 16.5. The summed E-state index contributed by atoms with van der Waals surface area (Å²) in [4.78, 5) is 34.7. The van der Waals surface area contributed by atoms with Gasteiger partial charge in [-0.2, -0.15) is 0 Å². The number of aliphatic carboxylic acids is 1. The Hall–Kier alpha value is -2.89. The Kier molecular flexibility index (Phi) is 30.8. The van der Waals surface area contributed by atoms with E-state index in [9.17, 15) is 14.4 Å². The molecule has 0 aliphatic carbocycles. The van der Waals surface area contributed by atoms with Crippen LogP contribution >= 0.6 is 0 Å². The van der Waals surface area contributed by atoms with Crippen molar-refractivity contribution in [2.45, 2.75) is 155 Å². The zero-order chi connectivity index (χ0) is 32.4. The summed E-state index contributed by atoms with van der Waals surface area (Å²) in [6.07, 6.45) is 42.1. The number of hydrogen-bond acceptors (Lipinski definition) is 4. The molecule has 0 aliphatic heterocycles. The standard InChI is InChI=1S/C38H63NO5/c1-3-5-7-9-11-13-14-15-16-17-19-25-29-33-38(43)44-35(30-26-22-18-12-10-8-6-4-2)31-27-23-20-21-24-28-32-36(40)39-34-37(41)42/h6-9,12-14,18,26,30,35H,3-5,10-11,15-17,19-25,27-29,31-34H2,1-2H3,(H,39,40)(H,41,42)/b8-6-,9-7-,14-13-,18-12-,30-26-. The van der Waals surface area contributed by atoms with Gasteiger partial charge in [-0.1, -0.05) is 120 Å². The van der Waals surface area contributed by atoms with Gasteiger partial charge in [0.05, 0.1) is 0 Å². The molecule has 0 aliphatic rings. The lowest BCUT2D eigenvalue weighted by Crippen LogP contribution is -2.28. The number of carbonyl (C=O) groups is 3. The molecule has 0 rings (SSSR count). The summed E-state index contributed by atoms with van der Waals surface area (Å²) in [5.74, 6) is -1.32. The summed E-state index contributed by atoms with van der Waals surface area (Å²) in [7, 11) is 0. The fourth-order valence-electron chi connectivity index (χ4n) is 4.60. The molecule has 1 atom stereocenters. The predicted octanol–water partition coefficient (Wildman–Crippen LogP) is 10.1. The monoisotopic (exact) mass is 613 g/mol. The van der Waals surface area contributed by atoms with E-state index in [-0.39, 0.29) is 24.5 Å². The van der Waals surface area contributed by atoms with Crippen molar-refractivity contribution in [1.29, 1.82) is 0 Å². The first-order valence-corrected chi connectivity index (χ1v) is 17.4. The fourth-order valence-corrected chi connectivity index (χ4v) is 4.60. The second-order valence-electron chi connectivity index (χ2n) is 11.4. The Morgan fingerprint density at radius 1 is 0.636 bits per heavy atom. The van der Waals surface area contributed by atoms with Crippen LogP contribution in [0.25, 0.3) is 0 Å². The first-order chi connectivity index (χ1) is 21.5. The number of carboxylic acids is 1. The Labute approximate surface area is 269 Å². The highest BCUT2D eigenvalue weighted by Gasteiger charge is 2.11. The van der Waals surface area contributed by atoms with E-state index in [0.717, 1.165) is 96.3 Å². The molecule has 44 heavy (non-hydrogen) atoms. The zero-order valence-corrected chi connectivity index (χ0v) is 28.0. The van der Waals surface area contributed by atoms with Crippen molar-refractivity contribution in [2.75, 3.05) is 6.54 Å². The maximum atomic E-state index is 12.6. The van der Waals surface area contributed by atoms with Crippen LogP contribution in [0.4, 0.5) is 0 Å². The molecule has 250 valence electrons. The van der Waals surface area contributed by atoms with E-state index in [4.69, 9.17) is 9.84 Å². The molecule has 0 radical (unpaired) electrons. The summed E-state index contributed by atoms with van der Waals surface area (Å²) in [5, 5.41) is 11.0. The van der Waals surface area contributed by atoms with Gasteiger partial charge in [-0.3, -0.25) is 14.4 Å². The van der Waals surface area contributed by atoms with Crippen molar-refractivity contribution in [3.05, 3.63) is 60.8 Å². The number of hydrogen-bond donors (Lipinski definition) is 2. The number of esters is 1. The van der Waals surface area contributed by atoms with Gasteiger partial charge < -0.3 is 15.2 Å². The van der Waals surface area contributed by atoms with Gasteiger partial charge in [0.25, 0.3) is 0 Å². The maximum Gasteiger partial charge on any atom is 0.322 e. The molecule has 1 amide bonds. The minimum absolute atomic E-state index is 0.0971. The third-order valence-corrected chi connectivity index (χ3v) is 7.14. The van der Waals surface area contributed by atoms with Crippen LogP contribution in [0.15, 0.2) is 60.8 Å². The molecule has 0 heterocycles. The zero-order valence-electron chi connectivity index (χ0n) is 28.0. The number of ether oxygens (including phenoxy) is 1. The van der Waals surface area contributed by atoms with Gasteiger partial charge in [-0.05, 0) is 76.7 Å². The summed E-state index contributed by atoms with van der Waals surface area (Å²) < 4.78 is 5.87. The molecule has 6 heteroatoms. The lowest BCUT2D eigenvalue weighted by Gasteiger charge is -2.14. The molecule has 1 unspecified atom stereocenters. The summed E-state index contributed by atoms with van der Waals surface area (Å²) >= 11 is 0. The second-order valence-corrected chi connectivity index (χ2v) is 11.4. The molecule has 0 spiro atoms. The Bertz CT molecular complexity index is 855. The highest BCUT2D eigenvalue weighted by molar-refractivity contribution is 5.80. The van der Waals surface area contributed by atoms with E-state index >= 15 is 0 Å². The smallest absolute Gasteiger partial charge is 0.322 e. The van der Waals surface area contributed by atoms with E-state index in [1.165, 1.54) is 25.7 Å². The third-order valence-electron chi connectivity index (χ3n) is 7.14. The van der Waals surface area contributed by atoms with Crippen LogP contribution in [0.3, 0.4) is 0 Å². The van der Waals surface area contributed by atoms with Gasteiger partial charge in [-0.15, -0.1) is 0 Å². The van der Waals surface area contributed by atoms with Crippen molar-refractivity contribution in [3.63, 3.8) is 0 Å². The molecule has 0 saturated heterocycles. The molecule has 0 bridgehead atoms. The predicted molar refractivity (Wildman–Crippen MR) is 185 cm³/mol. The number of carboxylic acid groups (broad SMARTS) is 1. The van der Waals surface area contributed by atoms with Gasteiger partial charge >= 0.3 is 11.9 Å². The average molecular weight is 614 g/mol. The molecular weight excluding hydrogens is 550 g/mol. The Morgan fingerprint density at radius 2 is 1.18 bits per heavy atom. The van der Waals surface area contributed by atoms with Gasteiger partial charge in [0.1, 0.15) is 12.6 Å². The van der Waals surface area contributed by atoms with Crippen LogP contribution in [0.1, 0.15) is 149 Å². The third kappa shape index (κ3) is 32.0. The van der Waals surface area contributed by atoms with E-state index in [1.54, 1.807) is 0 Å². The van der Waals surface area contributed by atoms with Gasteiger partial charge in [0, 0.05) is 12.8 Å². The number of carbonyl (C=O) groups excluding carboxylic acids is 2. The van der Waals surface area contributed by atoms with Gasteiger partial charge in [-0.25, -0.2) is 0 Å². The molecule has 0 aromatic carbocycles. The number of amides is 1. The molecule has 2 N–H and O–H groups in total. The largest absolute Gasteiger partial charge is 0.480 e. The first kappa shape index (κ1) is 41.1. The Morgan fingerprint density at radius 3 is 1.84 bits per heavy atom. The number of unbranched alkanes of at least 4 members (excludes halogenated alkanes) is 11. The summed E-state index contributed by atoms with van der Waals surface area (Å²) in [6.45, 7) is 4.01. The molecule has 0 fully saturated rings. The van der Waals surface area contributed by atoms with Crippen LogP contribution in [0.2, 0.25) is 0 Å². The SMILES string of the molecule is CC/C=C\C/C=C\C/C=C\C(CCCCCCCCC(=O)NCC(=O)O)OC(=O)CCCCCCC/C=C\C/C=C\CCC. The molecular formula is C38H63NO5. The lowest BCUT2D eigenvalue weighted by atomic mass is 10.1. The number of rotatable bonds is 30. The van der Waals surface area contributed by atoms with Crippen LogP contribution < -0.4 is 5.32 Å². The molecule has 0 aromatic heterocycles. The first-order valence-electron chi connectivity index (χ1n) is 17.4. The lowest BCUT2D eigenvalue weighted by molar-refractivity contribution is -0.147. The molecule has 0 aromatic rings. The van der Waals surface area contributed by atoms with Crippen molar-refractivity contribution in [3.8, 4) is 0 Å². The van der Waals surface area contributed by atoms with E-state index in [0.29, 0.717) is 12.8 Å². The van der Waals surface area contributed by atoms with Crippen molar-refractivity contribution in [1.82, 2.24) is 5.32 Å². The minimum Gasteiger partial charge on any atom is -0.480 e. The van der Waals surface area contributed by atoms with Crippen LogP contribution in [0.5, 0.6) is 0 Å². The van der Waals surface area contributed by atoms with Crippen LogP contribution in [0, 0.1) is 0 Å². The minimum atomic E-state index is -1.02. The quantitative estimate of drug-likeness (QED) is 0.0478. The number of allylic oxidation sites excluding steroid dienone is 9. The average Bonchev–Trinajstić information content (AvgIpc) is 3.00. The van der Waals surface area contributed by atoms with Crippen LogP contribution in [-0.4, -0.2) is 35.6 Å². The summed E-state index contributed by atoms with van der Waals surface area (Å²) in [6, 6.07) is 0. The van der Waals surface area contributed by atoms with Gasteiger partial charge in [0.15, 0.2) is 0 Å². The second kappa shape index (κ2) is 33.0. The van der Waals surface area contributed by atoms with E-state index in [2.05, 4.69) is 73.8 Å². The normalized spacial score (nSPS) is 12.8. The van der Waals surface area contributed by atoms with Crippen molar-refractivity contribution >= 4 is 17.8 Å². The van der Waals surface area contributed by atoms with E-state index in [1.807, 2.05) is 6.08 Å². The highest BCUT2D eigenvalue weighted by Crippen LogP contribution is 2.15.